The van der Waals surface area contributed by atoms with Gasteiger partial charge in [-0.3, -0.25) is 4.79 Å². The van der Waals surface area contributed by atoms with Gasteiger partial charge < -0.3 is 23.9 Å². The lowest BCUT2D eigenvalue weighted by atomic mass is 9.86. The number of pyridine rings is 2. The average Bonchev–Trinajstić information content (AvgIpc) is 3.31. The number of esters is 1. The van der Waals surface area contributed by atoms with Crippen LogP contribution in [0.15, 0.2) is 59.4 Å². The predicted molar refractivity (Wildman–Crippen MR) is 141 cm³/mol. The first-order valence-corrected chi connectivity index (χ1v) is 12.7. The fourth-order valence-corrected chi connectivity index (χ4v) is 5.56. The van der Waals surface area contributed by atoms with E-state index >= 15 is 0 Å². The molecular formula is C30H28N2O6. The number of carbonyl (C=O) groups is 1. The molecular weight excluding hydrogens is 484 g/mol. The summed E-state index contributed by atoms with van der Waals surface area (Å²) < 4.78 is 18.7. The molecule has 2 aliphatic heterocycles. The largest absolute Gasteiger partial charge is 0.497 e. The molecule has 0 spiro atoms. The van der Waals surface area contributed by atoms with Gasteiger partial charge >= 0.3 is 5.97 Å². The molecule has 194 valence electrons. The maximum atomic E-state index is 13.7. The molecule has 0 radical (unpaired) electrons. The lowest BCUT2D eigenvalue weighted by molar-refractivity contribution is -0.172. The smallest absolute Gasteiger partial charge is 0.343 e. The van der Waals surface area contributed by atoms with E-state index in [9.17, 15) is 14.7 Å². The minimum absolute atomic E-state index is 0.0924. The van der Waals surface area contributed by atoms with Gasteiger partial charge in [-0.2, -0.15) is 0 Å². The van der Waals surface area contributed by atoms with Crippen molar-refractivity contribution in [1.82, 2.24) is 9.55 Å². The van der Waals surface area contributed by atoms with Crippen LogP contribution in [-0.4, -0.2) is 27.7 Å². The molecule has 2 aliphatic rings. The lowest BCUT2D eigenvalue weighted by Gasteiger charge is -2.31. The molecule has 6 rings (SSSR count). The molecule has 4 aromatic rings. The molecule has 1 N–H and O–H groups in total. The lowest BCUT2D eigenvalue weighted by Crippen LogP contribution is -2.44. The van der Waals surface area contributed by atoms with E-state index in [1.54, 1.807) is 24.7 Å². The highest BCUT2D eigenvalue weighted by Gasteiger charge is 2.45. The van der Waals surface area contributed by atoms with E-state index < -0.39 is 11.6 Å². The van der Waals surface area contributed by atoms with Crippen LogP contribution in [0.4, 0.5) is 0 Å². The number of carbonyl (C=O) groups excluding carboxylic acids is 1. The van der Waals surface area contributed by atoms with Crippen LogP contribution in [0.1, 0.15) is 54.2 Å². The van der Waals surface area contributed by atoms with Crippen LogP contribution in [0.3, 0.4) is 0 Å². The fraction of sp³-hybridized carbons (Fsp3) is 0.300. The van der Waals surface area contributed by atoms with Gasteiger partial charge in [0.25, 0.3) is 5.56 Å². The van der Waals surface area contributed by atoms with Gasteiger partial charge in [0, 0.05) is 16.5 Å². The van der Waals surface area contributed by atoms with Crippen molar-refractivity contribution in [2.24, 2.45) is 0 Å². The Balaban J connectivity index is 1.54. The summed E-state index contributed by atoms with van der Waals surface area (Å²) in [4.78, 5) is 31.1. The van der Waals surface area contributed by atoms with Gasteiger partial charge in [0.15, 0.2) is 5.60 Å². The zero-order valence-electron chi connectivity index (χ0n) is 21.5. The van der Waals surface area contributed by atoms with Crippen LogP contribution in [0.2, 0.25) is 0 Å². The summed E-state index contributed by atoms with van der Waals surface area (Å²) in [6.45, 7) is 4.25. The SMILES string of the molecule is CC[C@@]1(O)C(=O)OCc2c1cc1n(c2=O)Cc2c-1nc1ccc(OC)cc1c2C(C)OCc1ccccc1. The Kier molecular flexibility index (Phi) is 5.81. The highest BCUT2D eigenvalue weighted by Crippen LogP contribution is 2.42. The minimum Gasteiger partial charge on any atom is -0.497 e. The Morgan fingerprint density at radius 1 is 1.13 bits per heavy atom. The van der Waals surface area contributed by atoms with E-state index in [0.717, 1.165) is 27.6 Å². The molecule has 38 heavy (non-hydrogen) atoms. The first-order chi connectivity index (χ1) is 18.4. The molecule has 0 saturated heterocycles. The Bertz CT molecular complexity index is 1640. The number of methoxy groups -OCH3 is 1. The summed E-state index contributed by atoms with van der Waals surface area (Å²) >= 11 is 0. The molecule has 2 aromatic heterocycles. The van der Waals surface area contributed by atoms with Crippen LogP contribution >= 0.6 is 0 Å². The molecule has 4 heterocycles. The number of hydrogen-bond donors (Lipinski definition) is 1. The second-order valence-corrected chi connectivity index (χ2v) is 9.78. The van der Waals surface area contributed by atoms with Crippen LogP contribution in [0.5, 0.6) is 5.75 Å². The van der Waals surface area contributed by atoms with E-state index in [2.05, 4.69) is 0 Å². The third kappa shape index (κ3) is 3.63. The van der Waals surface area contributed by atoms with Gasteiger partial charge in [-0.15, -0.1) is 0 Å². The van der Waals surface area contributed by atoms with Crippen molar-refractivity contribution in [2.45, 2.75) is 51.7 Å². The standard InChI is InChI=1S/C30H28N2O6/c1-4-30(35)23-13-25-27-21(14-32(25)28(33)22(23)16-38-29(30)34)26(17(2)37-15-18-8-6-5-7-9-18)20-12-19(36-3)10-11-24(20)31-27/h5-13,17,35H,4,14-16H2,1-3H3/t17?,30-/m0/s1. The van der Waals surface area contributed by atoms with Crippen molar-refractivity contribution in [2.75, 3.05) is 7.11 Å². The second-order valence-electron chi connectivity index (χ2n) is 9.78. The topological polar surface area (TPSA) is 99.9 Å². The van der Waals surface area contributed by atoms with Crippen molar-refractivity contribution >= 4 is 16.9 Å². The minimum atomic E-state index is -1.87. The van der Waals surface area contributed by atoms with Crippen molar-refractivity contribution in [3.63, 3.8) is 0 Å². The molecule has 8 heteroatoms. The number of ether oxygens (including phenoxy) is 3. The zero-order chi connectivity index (χ0) is 26.6. The number of hydrogen-bond acceptors (Lipinski definition) is 7. The maximum absolute atomic E-state index is 13.7. The number of nitrogens with zero attached hydrogens (tertiary/aromatic N) is 2. The summed E-state index contributed by atoms with van der Waals surface area (Å²) in [7, 11) is 1.62. The van der Waals surface area contributed by atoms with E-state index in [0.29, 0.717) is 41.4 Å². The number of rotatable bonds is 6. The molecule has 2 atom stereocenters. The molecule has 0 aliphatic carbocycles. The van der Waals surface area contributed by atoms with Gasteiger partial charge in [0.05, 0.1) is 48.8 Å². The predicted octanol–water partition coefficient (Wildman–Crippen LogP) is 4.37. The number of benzene rings is 2. The van der Waals surface area contributed by atoms with Crippen LogP contribution in [0.25, 0.3) is 22.3 Å². The van der Waals surface area contributed by atoms with Gasteiger partial charge in [-0.05, 0) is 48.7 Å². The summed E-state index contributed by atoms with van der Waals surface area (Å²) in [5, 5.41) is 12.1. The normalized spacial score (nSPS) is 18.5. The molecule has 0 bridgehead atoms. The molecule has 0 saturated carbocycles. The Labute approximate surface area is 219 Å². The van der Waals surface area contributed by atoms with Gasteiger partial charge in [-0.1, -0.05) is 37.3 Å². The van der Waals surface area contributed by atoms with Gasteiger partial charge in [-0.25, -0.2) is 9.78 Å². The van der Waals surface area contributed by atoms with E-state index in [4.69, 9.17) is 19.2 Å². The molecule has 0 fully saturated rings. The third-order valence-corrected chi connectivity index (χ3v) is 7.69. The van der Waals surface area contributed by atoms with Crippen LogP contribution in [-0.2, 0) is 39.6 Å². The summed E-state index contributed by atoms with van der Waals surface area (Å²) in [6.07, 6.45) is -0.228. The maximum Gasteiger partial charge on any atom is 0.343 e. The first kappa shape index (κ1) is 24.3. The molecule has 0 amide bonds. The fourth-order valence-electron chi connectivity index (χ4n) is 5.56. The Morgan fingerprint density at radius 3 is 2.66 bits per heavy atom. The van der Waals surface area contributed by atoms with Crippen LogP contribution < -0.4 is 10.3 Å². The van der Waals surface area contributed by atoms with Gasteiger partial charge in [0.1, 0.15) is 12.4 Å². The number of aliphatic hydroxyl groups is 1. The first-order valence-electron chi connectivity index (χ1n) is 12.7. The average molecular weight is 513 g/mol. The van der Waals surface area contributed by atoms with Crippen LogP contribution in [0, 0.1) is 0 Å². The molecule has 1 unspecified atom stereocenters. The quantitative estimate of drug-likeness (QED) is 0.337. The summed E-state index contributed by atoms with van der Waals surface area (Å²) in [5.41, 5.74) is 3.24. The van der Waals surface area contributed by atoms with Crippen molar-refractivity contribution in [1.29, 1.82) is 0 Å². The van der Waals surface area contributed by atoms with Crippen molar-refractivity contribution in [3.05, 3.63) is 92.8 Å². The second kappa shape index (κ2) is 9.08. The third-order valence-electron chi connectivity index (χ3n) is 7.69. The van der Waals surface area contributed by atoms with Crippen molar-refractivity contribution < 1.29 is 24.1 Å². The van der Waals surface area contributed by atoms with E-state index in [1.165, 1.54) is 0 Å². The highest BCUT2D eigenvalue weighted by atomic mass is 16.6. The zero-order valence-corrected chi connectivity index (χ0v) is 21.5. The monoisotopic (exact) mass is 512 g/mol. The Hall–Kier alpha value is -4.01. The summed E-state index contributed by atoms with van der Waals surface area (Å²) in [6, 6.07) is 17.4. The van der Waals surface area contributed by atoms with Gasteiger partial charge in [0.2, 0.25) is 0 Å². The number of aromatic nitrogens is 2. The Morgan fingerprint density at radius 2 is 1.92 bits per heavy atom. The van der Waals surface area contributed by atoms with Crippen molar-refractivity contribution in [3.8, 4) is 17.1 Å². The summed E-state index contributed by atoms with van der Waals surface area (Å²) in [5.74, 6) is -0.0418. The number of fused-ring (bicyclic) bond motifs is 5. The van der Waals surface area contributed by atoms with E-state index in [1.807, 2.05) is 55.5 Å². The molecule has 8 nitrogen and oxygen atoms in total. The van der Waals surface area contributed by atoms with E-state index in [-0.39, 0.29) is 24.7 Å². The highest BCUT2D eigenvalue weighted by molar-refractivity contribution is 5.90. The number of cyclic esters (lactones) is 1. The molecule has 2 aromatic carbocycles.